The van der Waals surface area contributed by atoms with Crippen LogP contribution in [0.4, 0.5) is 5.69 Å². The lowest BCUT2D eigenvalue weighted by atomic mass is 10.1. The fourth-order valence-corrected chi connectivity index (χ4v) is 5.02. The lowest BCUT2D eigenvalue weighted by molar-refractivity contribution is -0.113. The molecule has 0 saturated heterocycles. The van der Waals surface area contributed by atoms with Crippen molar-refractivity contribution in [1.29, 1.82) is 0 Å². The Balaban J connectivity index is 1.26. The second-order valence-corrected chi connectivity index (χ2v) is 9.42. The average Bonchev–Trinajstić information content (AvgIpc) is 3.59. The van der Waals surface area contributed by atoms with Crippen LogP contribution < -0.4 is 14.8 Å². The van der Waals surface area contributed by atoms with Crippen LogP contribution in [-0.4, -0.2) is 33.2 Å². The molecule has 1 aliphatic rings. The Labute approximate surface area is 199 Å². The highest BCUT2D eigenvalue weighted by Gasteiger charge is 2.17. The van der Waals surface area contributed by atoms with Crippen molar-refractivity contribution >= 4 is 34.7 Å². The van der Waals surface area contributed by atoms with E-state index in [9.17, 15) is 4.79 Å². The summed E-state index contributed by atoms with van der Waals surface area (Å²) in [6.45, 7) is 0.957. The molecule has 1 aliphatic heterocycles. The molecule has 2 aromatic heterocycles. The molecule has 0 aliphatic carbocycles. The molecular weight excluding hydrogens is 456 g/mol. The van der Waals surface area contributed by atoms with E-state index >= 15 is 0 Å². The standard InChI is InChI=1S/C24H22N4O3S2/c29-23(25-18-8-9-20-21(13-18)31-16-30-20)15-33-24-27-26-22(14-19-7-4-12-32-19)28(24)11-10-17-5-2-1-3-6-17/h1-9,12-13H,10-11,14-16H2,(H,25,29). The number of nitrogens with one attached hydrogen (secondary N) is 1. The van der Waals surface area contributed by atoms with Crippen LogP contribution in [0.5, 0.6) is 11.5 Å². The zero-order valence-electron chi connectivity index (χ0n) is 17.8. The number of carbonyl (C=O) groups excluding carboxylic acids is 1. The summed E-state index contributed by atoms with van der Waals surface area (Å²) in [4.78, 5) is 13.8. The van der Waals surface area contributed by atoms with Gasteiger partial charge in [-0.25, -0.2) is 0 Å². The molecule has 168 valence electrons. The fourth-order valence-electron chi connectivity index (χ4n) is 3.54. The lowest BCUT2D eigenvalue weighted by Crippen LogP contribution is -2.15. The van der Waals surface area contributed by atoms with Gasteiger partial charge in [-0.15, -0.1) is 21.5 Å². The van der Waals surface area contributed by atoms with E-state index in [1.165, 1.54) is 22.2 Å². The topological polar surface area (TPSA) is 78.3 Å². The van der Waals surface area contributed by atoms with Gasteiger partial charge in [0.05, 0.1) is 5.75 Å². The number of thioether (sulfide) groups is 1. The van der Waals surface area contributed by atoms with Gasteiger partial charge in [0.15, 0.2) is 16.7 Å². The van der Waals surface area contributed by atoms with Crippen LogP contribution in [0.25, 0.3) is 0 Å². The van der Waals surface area contributed by atoms with Gasteiger partial charge in [0.2, 0.25) is 12.7 Å². The van der Waals surface area contributed by atoms with Gasteiger partial charge in [0, 0.05) is 29.6 Å². The van der Waals surface area contributed by atoms with Crippen molar-refractivity contribution in [3.63, 3.8) is 0 Å². The largest absolute Gasteiger partial charge is 0.454 e. The van der Waals surface area contributed by atoms with Crippen molar-refractivity contribution in [2.24, 2.45) is 0 Å². The normalized spacial score (nSPS) is 12.1. The SMILES string of the molecule is O=C(CSc1nnc(Cc2cccs2)n1CCc1ccccc1)Nc1ccc2c(c1)OCO2. The number of carbonyl (C=O) groups is 1. The lowest BCUT2D eigenvalue weighted by Gasteiger charge is -2.10. The number of anilines is 1. The Kier molecular flexibility index (Phi) is 6.59. The number of thiophene rings is 1. The number of nitrogens with zero attached hydrogens (tertiary/aromatic N) is 3. The van der Waals surface area contributed by atoms with Gasteiger partial charge in [-0.2, -0.15) is 0 Å². The first-order chi connectivity index (χ1) is 16.2. The highest BCUT2D eigenvalue weighted by Crippen LogP contribution is 2.34. The Morgan fingerprint density at radius 1 is 1.06 bits per heavy atom. The number of hydrogen-bond acceptors (Lipinski definition) is 7. The van der Waals surface area contributed by atoms with Crippen molar-refractivity contribution in [2.45, 2.75) is 24.5 Å². The Bertz CT molecular complexity index is 1230. The molecule has 0 unspecified atom stereocenters. The number of hydrogen-bond donors (Lipinski definition) is 1. The van der Waals surface area contributed by atoms with Crippen LogP contribution in [0.3, 0.4) is 0 Å². The number of rotatable bonds is 9. The van der Waals surface area contributed by atoms with E-state index in [1.807, 2.05) is 24.3 Å². The van der Waals surface area contributed by atoms with Crippen LogP contribution in [0, 0.1) is 0 Å². The van der Waals surface area contributed by atoms with E-state index < -0.39 is 0 Å². The number of ether oxygens (including phenoxy) is 2. The molecule has 0 bridgehead atoms. The first-order valence-corrected chi connectivity index (χ1v) is 12.4. The first kappa shape index (κ1) is 21.5. The molecule has 0 atom stereocenters. The minimum Gasteiger partial charge on any atom is -0.454 e. The summed E-state index contributed by atoms with van der Waals surface area (Å²) >= 11 is 3.10. The average molecular weight is 479 g/mol. The zero-order chi connectivity index (χ0) is 22.5. The van der Waals surface area contributed by atoms with Gasteiger partial charge in [-0.1, -0.05) is 48.2 Å². The maximum atomic E-state index is 12.6. The maximum Gasteiger partial charge on any atom is 0.234 e. The number of fused-ring (bicyclic) bond motifs is 1. The van der Waals surface area contributed by atoms with Crippen LogP contribution in [-0.2, 0) is 24.2 Å². The Hall–Kier alpha value is -3.30. The van der Waals surface area contributed by atoms with Crippen molar-refractivity contribution in [1.82, 2.24) is 14.8 Å². The molecular formula is C24H22N4O3S2. The van der Waals surface area contributed by atoms with E-state index in [-0.39, 0.29) is 18.5 Å². The van der Waals surface area contributed by atoms with E-state index in [0.717, 1.165) is 30.4 Å². The summed E-state index contributed by atoms with van der Waals surface area (Å²) in [6, 6.07) is 19.9. The Morgan fingerprint density at radius 2 is 1.94 bits per heavy atom. The van der Waals surface area contributed by atoms with Gasteiger partial charge in [0.25, 0.3) is 0 Å². The number of aromatic nitrogens is 3. The number of benzene rings is 2. The quantitative estimate of drug-likeness (QED) is 0.353. The Morgan fingerprint density at radius 3 is 2.79 bits per heavy atom. The summed E-state index contributed by atoms with van der Waals surface area (Å²) in [5.74, 6) is 2.35. The predicted octanol–water partition coefficient (Wildman–Crippen LogP) is 4.63. The summed E-state index contributed by atoms with van der Waals surface area (Å²) in [6.07, 6.45) is 1.59. The van der Waals surface area contributed by atoms with Crippen molar-refractivity contribution in [3.05, 3.63) is 82.3 Å². The first-order valence-electron chi connectivity index (χ1n) is 10.6. The van der Waals surface area contributed by atoms with Crippen molar-refractivity contribution < 1.29 is 14.3 Å². The molecule has 1 amide bonds. The second-order valence-electron chi connectivity index (χ2n) is 7.45. The molecule has 0 radical (unpaired) electrons. The minimum absolute atomic E-state index is 0.115. The molecule has 0 fully saturated rings. The third-order valence-electron chi connectivity index (χ3n) is 5.16. The van der Waals surface area contributed by atoms with Crippen molar-refractivity contribution in [3.8, 4) is 11.5 Å². The van der Waals surface area contributed by atoms with E-state index in [2.05, 4.69) is 43.7 Å². The zero-order valence-corrected chi connectivity index (χ0v) is 19.4. The van der Waals surface area contributed by atoms with E-state index in [0.29, 0.717) is 17.2 Å². The van der Waals surface area contributed by atoms with Crippen LogP contribution in [0.2, 0.25) is 0 Å². The molecule has 7 nitrogen and oxygen atoms in total. The third-order valence-corrected chi connectivity index (χ3v) is 7.00. The van der Waals surface area contributed by atoms with Crippen molar-refractivity contribution in [2.75, 3.05) is 17.9 Å². The third kappa shape index (κ3) is 5.37. The monoisotopic (exact) mass is 478 g/mol. The van der Waals surface area contributed by atoms with Gasteiger partial charge in [-0.05, 0) is 35.6 Å². The van der Waals surface area contributed by atoms with Crippen LogP contribution in [0.1, 0.15) is 16.3 Å². The van der Waals surface area contributed by atoms with Gasteiger partial charge < -0.3 is 19.4 Å². The minimum atomic E-state index is -0.115. The molecule has 0 spiro atoms. The smallest absolute Gasteiger partial charge is 0.234 e. The van der Waals surface area contributed by atoms with E-state index in [1.54, 1.807) is 29.5 Å². The van der Waals surface area contributed by atoms with E-state index in [4.69, 9.17) is 9.47 Å². The maximum absolute atomic E-state index is 12.6. The predicted molar refractivity (Wildman–Crippen MR) is 129 cm³/mol. The fraction of sp³-hybridized carbons (Fsp3) is 0.208. The number of amides is 1. The molecule has 2 aromatic carbocycles. The second kappa shape index (κ2) is 10.1. The van der Waals surface area contributed by atoms with Gasteiger partial charge >= 0.3 is 0 Å². The molecule has 33 heavy (non-hydrogen) atoms. The summed E-state index contributed by atoms with van der Waals surface area (Å²) in [5, 5.41) is 14.6. The molecule has 5 rings (SSSR count). The summed E-state index contributed by atoms with van der Waals surface area (Å²) in [7, 11) is 0. The van der Waals surface area contributed by atoms with Crippen LogP contribution >= 0.6 is 23.1 Å². The summed E-state index contributed by atoms with van der Waals surface area (Å²) in [5.41, 5.74) is 1.93. The molecule has 3 heterocycles. The molecule has 4 aromatic rings. The molecule has 1 N–H and O–H groups in total. The highest BCUT2D eigenvalue weighted by molar-refractivity contribution is 7.99. The van der Waals surface area contributed by atoms with Crippen LogP contribution in [0.15, 0.2) is 71.2 Å². The number of aryl methyl sites for hydroxylation is 1. The van der Waals surface area contributed by atoms with Gasteiger partial charge in [0.1, 0.15) is 5.82 Å². The highest BCUT2D eigenvalue weighted by atomic mass is 32.2. The summed E-state index contributed by atoms with van der Waals surface area (Å²) < 4.78 is 12.8. The molecule has 9 heteroatoms. The molecule has 0 saturated carbocycles. The van der Waals surface area contributed by atoms with Gasteiger partial charge in [-0.3, -0.25) is 4.79 Å².